The maximum atomic E-state index is 9.85. The lowest BCUT2D eigenvalue weighted by Gasteiger charge is -2.26. The van der Waals surface area contributed by atoms with Crippen molar-refractivity contribution < 1.29 is 9.84 Å². The van der Waals surface area contributed by atoms with Crippen LogP contribution in [0.3, 0.4) is 0 Å². The van der Waals surface area contributed by atoms with E-state index in [1.165, 1.54) is 0 Å². The summed E-state index contributed by atoms with van der Waals surface area (Å²) < 4.78 is 5.30. The number of rotatable bonds is 5. The molecule has 90 valence electrons. The first-order valence-corrected chi connectivity index (χ1v) is 5.75. The first-order chi connectivity index (χ1) is 7.65. The maximum absolute atomic E-state index is 9.85. The van der Waals surface area contributed by atoms with Crippen molar-refractivity contribution in [1.29, 1.82) is 0 Å². The molecule has 0 saturated heterocycles. The van der Waals surface area contributed by atoms with Crippen LogP contribution in [0.15, 0.2) is 18.2 Å². The van der Waals surface area contributed by atoms with E-state index in [-0.39, 0.29) is 0 Å². The van der Waals surface area contributed by atoms with E-state index in [1.807, 2.05) is 18.2 Å². The first-order valence-electron chi connectivity index (χ1n) is 5.75. The van der Waals surface area contributed by atoms with Crippen LogP contribution in [0.1, 0.15) is 32.4 Å². The second kappa shape index (κ2) is 5.75. The summed E-state index contributed by atoms with van der Waals surface area (Å²) in [5.74, 6) is 0.749. The third kappa shape index (κ3) is 2.47. The van der Waals surface area contributed by atoms with Gasteiger partial charge in [0.15, 0.2) is 0 Å². The molecule has 3 nitrogen and oxygen atoms in total. The van der Waals surface area contributed by atoms with Crippen molar-refractivity contribution in [2.24, 2.45) is 0 Å². The summed E-state index contributed by atoms with van der Waals surface area (Å²) in [5, 5.41) is 9.85. The van der Waals surface area contributed by atoms with Crippen LogP contribution in [-0.2, 0) is 0 Å². The Morgan fingerprint density at radius 3 is 2.38 bits per heavy atom. The van der Waals surface area contributed by atoms with E-state index in [0.717, 1.165) is 30.1 Å². The molecular formula is C13H21NO2. The molecule has 0 fully saturated rings. The Kier molecular flexibility index (Phi) is 4.62. The fourth-order valence-electron chi connectivity index (χ4n) is 1.97. The standard InChI is InChI=1S/C13H21NO2/c1-5-14(6-2)11-8-7-9-12(16-4)13(11)10(3)15/h7-10,15H,5-6H2,1-4H3. The lowest BCUT2D eigenvalue weighted by molar-refractivity contribution is 0.194. The van der Waals surface area contributed by atoms with Crippen molar-refractivity contribution in [3.8, 4) is 5.75 Å². The van der Waals surface area contributed by atoms with Gasteiger partial charge < -0.3 is 14.7 Å². The third-order valence-corrected chi connectivity index (χ3v) is 2.78. The Morgan fingerprint density at radius 1 is 1.31 bits per heavy atom. The highest BCUT2D eigenvalue weighted by Gasteiger charge is 2.16. The average Bonchev–Trinajstić information content (AvgIpc) is 2.30. The zero-order chi connectivity index (χ0) is 12.1. The minimum absolute atomic E-state index is 0.522. The smallest absolute Gasteiger partial charge is 0.126 e. The Morgan fingerprint density at radius 2 is 1.94 bits per heavy atom. The maximum Gasteiger partial charge on any atom is 0.126 e. The molecule has 1 unspecified atom stereocenters. The zero-order valence-electron chi connectivity index (χ0n) is 10.5. The summed E-state index contributed by atoms with van der Waals surface area (Å²) in [6.07, 6.45) is -0.522. The minimum atomic E-state index is -0.522. The number of anilines is 1. The van der Waals surface area contributed by atoms with Crippen LogP contribution in [0.5, 0.6) is 5.75 Å². The molecule has 16 heavy (non-hydrogen) atoms. The van der Waals surface area contributed by atoms with Gasteiger partial charge in [-0.15, -0.1) is 0 Å². The van der Waals surface area contributed by atoms with Gasteiger partial charge in [-0.2, -0.15) is 0 Å². The van der Waals surface area contributed by atoms with E-state index in [1.54, 1.807) is 14.0 Å². The van der Waals surface area contributed by atoms with Crippen LogP contribution in [0.25, 0.3) is 0 Å². The van der Waals surface area contributed by atoms with Crippen LogP contribution in [-0.4, -0.2) is 25.3 Å². The molecule has 1 aromatic rings. The molecule has 0 heterocycles. The first kappa shape index (κ1) is 12.8. The molecule has 0 aliphatic rings. The summed E-state index contributed by atoms with van der Waals surface area (Å²) in [4.78, 5) is 2.21. The van der Waals surface area contributed by atoms with Crippen molar-refractivity contribution in [3.63, 3.8) is 0 Å². The SMILES string of the molecule is CCN(CC)c1cccc(OC)c1C(C)O. The molecule has 1 N–H and O–H groups in total. The van der Waals surface area contributed by atoms with Gasteiger partial charge in [0.25, 0.3) is 0 Å². The molecule has 0 saturated carbocycles. The average molecular weight is 223 g/mol. The highest BCUT2D eigenvalue weighted by molar-refractivity contribution is 5.60. The van der Waals surface area contributed by atoms with Crippen molar-refractivity contribution in [1.82, 2.24) is 0 Å². The van der Waals surface area contributed by atoms with E-state index in [4.69, 9.17) is 4.74 Å². The molecule has 0 amide bonds. The van der Waals surface area contributed by atoms with Crippen molar-refractivity contribution >= 4 is 5.69 Å². The summed E-state index contributed by atoms with van der Waals surface area (Å²) in [6, 6.07) is 5.87. The monoisotopic (exact) mass is 223 g/mol. The highest BCUT2D eigenvalue weighted by Crippen LogP contribution is 2.34. The van der Waals surface area contributed by atoms with Crippen molar-refractivity contribution in [2.75, 3.05) is 25.1 Å². The quantitative estimate of drug-likeness (QED) is 0.832. The number of nitrogens with zero attached hydrogens (tertiary/aromatic N) is 1. The second-order valence-corrected chi connectivity index (χ2v) is 3.74. The highest BCUT2D eigenvalue weighted by atomic mass is 16.5. The number of benzene rings is 1. The fraction of sp³-hybridized carbons (Fsp3) is 0.538. The Hall–Kier alpha value is -1.22. The number of aliphatic hydroxyl groups excluding tert-OH is 1. The number of methoxy groups -OCH3 is 1. The Balaban J connectivity index is 3.26. The lowest BCUT2D eigenvalue weighted by atomic mass is 10.1. The molecule has 1 aromatic carbocycles. The van der Waals surface area contributed by atoms with E-state index in [2.05, 4.69) is 18.7 Å². The minimum Gasteiger partial charge on any atom is -0.496 e. The van der Waals surface area contributed by atoms with Gasteiger partial charge in [-0.3, -0.25) is 0 Å². The summed E-state index contributed by atoms with van der Waals surface area (Å²) >= 11 is 0. The number of hydrogen-bond acceptors (Lipinski definition) is 3. The van der Waals surface area contributed by atoms with E-state index in [0.29, 0.717) is 0 Å². The van der Waals surface area contributed by atoms with Gasteiger partial charge in [-0.25, -0.2) is 0 Å². The van der Waals surface area contributed by atoms with Gasteiger partial charge in [0.1, 0.15) is 5.75 Å². The largest absolute Gasteiger partial charge is 0.496 e. The van der Waals surface area contributed by atoms with Gasteiger partial charge >= 0.3 is 0 Å². The van der Waals surface area contributed by atoms with Crippen LogP contribution < -0.4 is 9.64 Å². The third-order valence-electron chi connectivity index (χ3n) is 2.78. The van der Waals surface area contributed by atoms with Gasteiger partial charge in [0.2, 0.25) is 0 Å². The predicted octanol–water partition coefficient (Wildman–Crippen LogP) is 2.59. The molecule has 0 radical (unpaired) electrons. The molecule has 1 atom stereocenters. The van der Waals surface area contributed by atoms with Crippen LogP contribution in [0.4, 0.5) is 5.69 Å². The number of ether oxygens (including phenoxy) is 1. The van der Waals surface area contributed by atoms with Crippen molar-refractivity contribution in [2.45, 2.75) is 26.9 Å². The Bertz CT molecular complexity index is 333. The van der Waals surface area contributed by atoms with Gasteiger partial charge in [0, 0.05) is 24.3 Å². The van der Waals surface area contributed by atoms with Crippen LogP contribution >= 0.6 is 0 Å². The van der Waals surface area contributed by atoms with Gasteiger partial charge in [0.05, 0.1) is 13.2 Å². The molecule has 0 aliphatic heterocycles. The van der Waals surface area contributed by atoms with E-state index in [9.17, 15) is 5.11 Å². The number of hydrogen-bond donors (Lipinski definition) is 1. The fourth-order valence-corrected chi connectivity index (χ4v) is 1.97. The Labute approximate surface area is 97.7 Å². The van der Waals surface area contributed by atoms with E-state index < -0.39 is 6.10 Å². The molecule has 3 heteroatoms. The summed E-state index contributed by atoms with van der Waals surface area (Å²) in [7, 11) is 1.63. The van der Waals surface area contributed by atoms with Crippen molar-refractivity contribution in [3.05, 3.63) is 23.8 Å². The normalized spacial score (nSPS) is 12.3. The topological polar surface area (TPSA) is 32.7 Å². The molecular weight excluding hydrogens is 202 g/mol. The van der Waals surface area contributed by atoms with Gasteiger partial charge in [-0.1, -0.05) is 6.07 Å². The summed E-state index contributed by atoms with van der Waals surface area (Å²) in [6.45, 7) is 7.82. The summed E-state index contributed by atoms with van der Waals surface area (Å²) in [5.41, 5.74) is 1.92. The molecule has 0 spiro atoms. The zero-order valence-corrected chi connectivity index (χ0v) is 10.5. The van der Waals surface area contributed by atoms with Gasteiger partial charge in [-0.05, 0) is 32.9 Å². The number of aliphatic hydroxyl groups is 1. The molecule has 0 aliphatic carbocycles. The lowest BCUT2D eigenvalue weighted by Crippen LogP contribution is -2.23. The predicted molar refractivity (Wildman–Crippen MR) is 67.2 cm³/mol. The molecule has 1 rings (SSSR count). The second-order valence-electron chi connectivity index (χ2n) is 3.74. The van der Waals surface area contributed by atoms with E-state index >= 15 is 0 Å². The van der Waals surface area contributed by atoms with Crippen LogP contribution in [0, 0.1) is 0 Å². The molecule has 0 bridgehead atoms. The molecule has 0 aromatic heterocycles. The van der Waals surface area contributed by atoms with Crippen LogP contribution in [0.2, 0.25) is 0 Å².